The molecule has 0 unspecified atom stereocenters. The Labute approximate surface area is 124 Å². The number of aromatic nitrogens is 2. The van der Waals surface area contributed by atoms with Gasteiger partial charge >= 0.3 is 5.97 Å². The van der Waals surface area contributed by atoms with Gasteiger partial charge in [-0.2, -0.15) is 0 Å². The molecule has 0 fully saturated rings. The molecule has 0 saturated heterocycles. The van der Waals surface area contributed by atoms with Crippen LogP contribution in [0.3, 0.4) is 0 Å². The van der Waals surface area contributed by atoms with Gasteiger partial charge in [-0.25, -0.2) is 9.18 Å². The number of hydrogen-bond acceptors (Lipinski definition) is 3. The maximum Gasteiger partial charge on any atom is 0.339 e. The summed E-state index contributed by atoms with van der Waals surface area (Å²) in [6.07, 6.45) is 0.869. The Morgan fingerprint density at radius 2 is 2.18 bits per heavy atom. The molecule has 0 atom stereocenters. The van der Waals surface area contributed by atoms with E-state index in [0.717, 1.165) is 12.3 Å². The molecule has 0 aliphatic carbocycles. The molecule has 2 heterocycles. The number of nitrogens with zero attached hydrogens (tertiary/aromatic N) is 2. The van der Waals surface area contributed by atoms with E-state index in [2.05, 4.69) is 9.97 Å². The summed E-state index contributed by atoms with van der Waals surface area (Å²) in [6, 6.07) is 0.826. The first kappa shape index (κ1) is 14.2. The molecule has 8 heteroatoms. The maximum atomic E-state index is 13.1. The van der Waals surface area contributed by atoms with E-state index in [1.165, 1.54) is 0 Å². The van der Waals surface area contributed by atoms with E-state index in [1.54, 1.807) is 0 Å². The molecule has 1 radical (unpaired) electrons. The van der Waals surface area contributed by atoms with Crippen LogP contribution in [-0.4, -0.2) is 16.1 Å². The normalized spacial score (nSPS) is 10.0. The first-order valence-electron chi connectivity index (χ1n) is 4.05. The summed E-state index contributed by atoms with van der Waals surface area (Å²) in [5.41, 5.74) is -1.45. The zero-order chi connectivity index (χ0) is 11.9. The number of carbonyl (C=O) groups is 1. The van der Waals surface area contributed by atoms with Gasteiger partial charge in [0.05, 0.1) is 5.15 Å². The van der Waals surface area contributed by atoms with E-state index in [9.17, 15) is 14.0 Å². The van der Waals surface area contributed by atoms with Crippen LogP contribution in [-0.2, 0) is 32.7 Å². The van der Waals surface area contributed by atoms with Crippen LogP contribution < -0.4 is 10.4 Å². The number of carboxylic acids is 1. The molecule has 2 aromatic heterocycles. The molecule has 0 amide bonds. The van der Waals surface area contributed by atoms with Gasteiger partial charge in [-0.15, -0.1) is 0 Å². The minimum absolute atomic E-state index is 0. The van der Waals surface area contributed by atoms with Gasteiger partial charge in [0, 0.05) is 38.1 Å². The average molecular weight is 330 g/mol. The van der Waals surface area contributed by atoms with Crippen molar-refractivity contribution in [2.45, 2.75) is 0 Å². The van der Waals surface area contributed by atoms with Crippen LogP contribution in [0.5, 0.6) is 0 Å². The van der Waals surface area contributed by atoms with Crippen molar-refractivity contribution in [3.63, 3.8) is 0 Å². The summed E-state index contributed by atoms with van der Waals surface area (Å²) in [6.45, 7) is 0. The van der Waals surface area contributed by atoms with Gasteiger partial charge < -0.3 is 15.1 Å². The van der Waals surface area contributed by atoms with Crippen molar-refractivity contribution in [1.29, 1.82) is 0 Å². The fraction of sp³-hybridized carbons (Fsp3) is 0. The first-order chi connectivity index (χ1) is 7.50. The fourth-order valence-electron chi connectivity index (χ4n) is 1.20. The van der Waals surface area contributed by atoms with Crippen molar-refractivity contribution in [3.8, 4) is 0 Å². The molecule has 0 bridgehead atoms. The van der Waals surface area contributed by atoms with Crippen molar-refractivity contribution < 1.29 is 47.0 Å². The van der Waals surface area contributed by atoms with Gasteiger partial charge in [-0.3, -0.25) is 4.79 Å². The molecule has 0 spiro atoms. The number of aromatic carboxylic acids is 1. The summed E-state index contributed by atoms with van der Waals surface area (Å²) in [5.74, 6) is -2.31. The second kappa shape index (κ2) is 5.20. The van der Waals surface area contributed by atoms with Gasteiger partial charge in [0.15, 0.2) is 5.43 Å². The van der Waals surface area contributed by atoms with Crippen LogP contribution in [0.15, 0.2) is 17.1 Å². The summed E-state index contributed by atoms with van der Waals surface area (Å²) in [4.78, 5) is 29.3. The smallest absolute Gasteiger partial charge is 0.339 e. The average Bonchev–Trinajstić information content (AvgIpc) is 2.21. The summed E-state index contributed by atoms with van der Waals surface area (Å²) in [7, 11) is 0. The van der Waals surface area contributed by atoms with Crippen LogP contribution in [0.1, 0.15) is 10.4 Å². The fourth-order valence-corrected chi connectivity index (χ4v) is 1.34. The molecule has 1 N–H and O–H groups in total. The number of halogens is 2. The van der Waals surface area contributed by atoms with E-state index < -0.39 is 27.9 Å². The zero-order valence-corrected chi connectivity index (χ0v) is 11.7. The molecular weight excluding hydrogens is 327 g/mol. The van der Waals surface area contributed by atoms with Crippen LogP contribution in [0.4, 0.5) is 4.39 Å². The Hall–Kier alpha value is -0.846. The molecule has 0 aromatic carbocycles. The third-order valence-electron chi connectivity index (χ3n) is 1.95. The van der Waals surface area contributed by atoms with E-state index in [1.807, 2.05) is 0 Å². The van der Waals surface area contributed by atoms with Crippen LogP contribution in [0.2, 0.25) is 5.15 Å². The summed E-state index contributed by atoms with van der Waals surface area (Å²) < 4.78 is 13.1. The molecule has 0 aliphatic heterocycles. The third kappa shape index (κ3) is 2.54. The third-order valence-corrected chi connectivity index (χ3v) is 2.21. The summed E-state index contributed by atoms with van der Waals surface area (Å²) >= 11 is 5.40. The molecule has 85 valence electrons. The second-order valence-corrected chi connectivity index (χ2v) is 3.30. The van der Waals surface area contributed by atoms with E-state index in [-0.39, 0.29) is 43.7 Å². The molecule has 17 heavy (non-hydrogen) atoms. The number of fused-ring (bicyclic) bond motifs is 1. The minimum Gasteiger partial charge on any atom is -0.478 e. The molecule has 5 nitrogen and oxygen atoms in total. The van der Waals surface area contributed by atoms with E-state index in [4.69, 9.17) is 16.7 Å². The van der Waals surface area contributed by atoms with Crippen LogP contribution in [0.25, 0.3) is 11.0 Å². The van der Waals surface area contributed by atoms with Gasteiger partial charge in [0.25, 0.3) is 0 Å². The Bertz CT molecular complexity index is 658. The summed E-state index contributed by atoms with van der Waals surface area (Å²) in [5, 5.41) is 8.05. The van der Waals surface area contributed by atoms with Gasteiger partial charge in [-0.1, -0.05) is 17.8 Å². The maximum absolute atomic E-state index is 13.1. The van der Waals surface area contributed by atoms with Crippen molar-refractivity contribution in [2.75, 3.05) is 0 Å². The first-order valence-corrected chi connectivity index (χ1v) is 4.43. The largest absolute Gasteiger partial charge is 0.478 e. The van der Waals surface area contributed by atoms with Gasteiger partial charge in [0.1, 0.15) is 11.4 Å². The zero-order valence-electron chi connectivity index (χ0n) is 8.15. The molecule has 2 aromatic rings. The van der Waals surface area contributed by atoms with Crippen molar-refractivity contribution >= 4 is 28.6 Å². The second-order valence-electron chi connectivity index (χ2n) is 2.94. The predicted molar refractivity (Wildman–Crippen MR) is 53.3 cm³/mol. The Morgan fingerprint density at radius 3 is 2.76 bits per heavy atom. The Balaban J connectivity index is 0.00000144. The Kier molecular flexibility index (Phi) is 4.35. The Morgan fingerprint density at radius 1 is 1.53 bits per heavy atom. The number of rotatable bonds is 1. The number of pyridine rings is 2. The topological polar surface area (TPSA) is 81.4 Å². The van der Waals surface area contributed by atoms with E-state index in [0.29, 0.717) is 0 Å². The predicted octanol–water partition coefficient (Wildman–Crippen LogP) is 1.04. The quantitative estimate of drug-likeness (QED) is 0.790. The number of carboxylic acid groups (broad SMARTS) is 1. The monoisotopic (exact) mass is 330 g/mol. The van der Waals surface area contributed by atoms with Crippen molar-refractivity contribution in [3.05, 3.63) is 39.0 Å². The standard InChI is InChI=1S/C9H4ClFN2O3.Y/c10-7-5(11)1-3-6(14)4(9(15)16)2-12-8(3)13-7;/h1-2H,(H2,12,13,14,15,16);/p-1. The molecule has 0 saturated carbocycles. The van der Waals surface area contributed by atoms with Crippen molar-refractivity contribution in [1.82, 2.24) is 9.97 Å². The SMILES string of the molecule is O=C(O)c1c[n-]c2nc(Cl)c(F)cc2c1=O.[Y]. The molecule has 2 rings (SSSR count). The van der Waals surface area contributed by atoms with Gasteiger partial charge in [-0.05, 0) is 11.7 Å². The van der Waals surface area contributed by atoms with Crippen LogP contribution >= 0.6 is 11.6 Å². The molecule has 0 aliphatic rings. The number of hydrogen-bond donors (Lipinski definition) is 1. The van der Waals surface area contributed by atoms with Gasteiger partial charge in [0.2, 0.25) is 0 Å². The van der Waals surface area contributed by atoms with E-state index >= 15 is 0 Å². The minimum atomic E-state index is -1.42. The molecular formula is C9H3ClFN2O3Y-. The van der Waals surface area contributed by atoms with Crippen LogP contribution in [0, 0.1) is 5.82 Å². The van der Waals surface area contributed by atoms with Crippen molar-refractivity contribution in [2.24, 2.45) is 0 Å².